The zero-order valence-corrected chi connectivity index (χ0v) is 13.7. The quantitative estimate of drug-likeness (QED) is 0.673. The summed E-state index contributed by atoms with van der Waals surface area (Å²) in [5.74, 6) is 2.47. The number of hydrogen-bond donors (Lipinski definition) is 1. The maximum Gasteiger partial charge on any atom is 0.203 e. The van der Waals surface area contributed by atoms with Crippen LogP contribution in [0.5, 0.6) is 23.0 Å². The van der Waals surface area contributed by atoms with Gasteiger partial charge in [-0.15, -0.1) is 0 Å². The van der Waals surface area contributed by atoms with Crippen molar-refractivity contribution in [1.82, 2.24) is 5.32 Å². The third-order valence-corrected chi connectivity index (χ3v) is 3.43. The van der Waals surface area contributed by atoms with Crippen LogP contribution in [0.4, 0.5) is 0 Å². The molecule has 0 saturated heterocycles. The minimum atomic E-state index is 0.550. The van der Waals surface area contributed by atoms with Gasteiger partial charge < -0.3 is 24.3 Å². The molecule has 0 aromatic heterocycles. The third kappa shape index (κ3) is 5.01. The number of rotatable bonds is 10. The number of hydrogen-bond acceptors (Lipinski definition) is 5. The molecular weight excluding hydrogens is 270 g/mol. The number of nitrogens with one attached hydrogen (secondary N) is 1. The van der Waals surface area contributed by atoms with Gasteiger partial charge in [-0.05, 0) is 12.8 Å². The molecule has 0 aliphatic heterocycles. The fourth-order valence-corrected chi connectivity index (χ4v) is 2.15. The van der Waals surface area contributed by atoms with Gasteiger partial charge >= 0.3 is 0 Å². The van der Waals surface area contributed by atoms with E-state index < -0.39 is 0 Å². The highest BCUT2D eigenvalue weighted by molar-refractivity contribution is 5.55. The van der Waals surface area contributed by atoms with Crippen molar-refractivity contribution < 1.29 is 18.9 Å². The number of methoxy groups -OCH3 is 3. The molecule has 0 atom stereocenters. The second-order valence-corrected chi connectivity index (χ2v) is 4.68. The summed E-state index contributed by atoms with van der Waals surface area (Å²) in [6.45, 7) is 5.76. The summed E-state index contributed by atoms with van der Waals surface area (Å²) in [5.41, 5.74) is 0. The van der Waals surface area contributed by atoms with E-state index in [-0.39, 0.29) is 0 Å². The van der Waals surface area contributed by atoms with Crippen molar-refractivity contribution in [2.75, 3.05) is 34.5 Å². The fourth-order valence-electron chi connectivity index (χ4n) is 2.15. The van der Waals surface area contributed by atoms with Gasteiger partial charge in [-0.3, -0.25) is 0 Å². The molecule has 1 aromatic carbocycles. The standard InChI is InChI=1S/C16H27NO4/c1-6-12(7-2)17-8-9-21-13-10-14(18-3)16(20-5)15(11-13)19-4/h10-12,17H,6-9H2,1-5H3. The Labute approximate surface area is 127 Å². The molecule has 0 heterocycles. The van der Waals surface area contributed by atoms with Crippen LogP contribution in [0.25, 0.3) is 0 Å². The van der Waals surface area contributed by atoms with E-state index in [0.717, 1.165) is 19.4 Å². The summed E-state index contributed by atoms with van der Waals surface area (Å²) in [7, 11) is 4.77. The van der Waals surface area contributed by atoms with Crippen LogP contribution in [-0.4, -0.2) is 40.5 Å². The summed E-state index contributed by atoms with van der Waals surface area (Å²) in [4.78, 5) is 0. The zero-order chi connectivity index (χ0) is 15.7. The summed E-state index contributed by atoms with van der Waals surface area (Å²) in [6, 6.07) is 4.16. The first-order valence-electron chi connectivity index (χ1n) is 7.36. The monoisotopic (exact) mass is 297 g/mol. The third-order valence-electron chi connectivity index (χ3n) is 3.43. The SMILES string of the molecule is CCC(CC)NCCOc1cc(OC)c(OC)c(OC)c1. The van der Waals surface area contributed by atoms with E-state index in [4.69, 9.17) is 18.9 Å². The van der Waals surface area contributed by atoms with E-state index in [1.165, 1.54) is 0 Å². The molecule has 1 rings (SSSR count). The smallest absolute Gasteiger partial charge is 0.203 e. The lowest BCUT2D eigenvalue weighted by molar-refractivity contribution is 0.290. The van der Waals surface area contributed by atoms with Gasteiger partial charge in [-0.1, -0.05) is 13.8 Å². The first-order valence-corrected chi connectivity index (χ1v) is 7.36. The van der Waals surface area contributed by atoms with Crippen LogP contribution in [0.1, 0.15) is 26.7 Å². The molecule has 1 aromatic rings. The molecule has 0 saturated carbocycles. The molecule has 120 valence electrons. The average Bonchev–Trinajstić information content (AvgIpc) is 2.53. The summed E-state index contributed by atoms with van der Waals surface area (Å²) in [5, 5.41) is 3.46. The van der Waals surface area contributed by atoms with E-state index in [1.54, 1.807) is 33.5 Å². The van der Waals surface area contributed by atoms with E-state index in [0.29, 0.717) is 35.6 Å². The molecule has 0 spiro atoms. The van der Waals surface area contributed by atoms with E-state index in [1.807, 2.05) is 0 Å². The van der Waals surface area contributed by atoms with Crippen LogP contribution in [-0.2, 0) is 0 Å². The van der Waals surface area contributed by atoms with Crippen molar-refractivity contribution in [1.29, 1.82) is 0 Å². The van der Waals surface area contributed by atoms with Gasteiger partial charge in [0.1, 0.15) is 12.4 Å². The van der Waals surface area contributed by atoms with Crippen molar-refractivity contribution in [2.45, 2.75) is 32.7 Å². The van der Waals surface area contributed by atoms with Crippen LogP contribution in [0.15, 0.2) is 12.1 Å². The Morgan fingerprint density at radius 1 is 0.952 bits per heavy atom. The van der Waals surface area contributed by atoms with E-state index >= 15 is 0 Å². The van der Waals surface area contributed by atoms with Crippen LogP contribution in [0.2, 0.25) is 0 Å². The molecule has 5 nitrogen and oxygen atoms in total. The van der Waals surface area contributed by atoms with Crippen LogP contribution < -0.4 is 24.3 Å². The molecule has 0 fully saturated rings. The van der Waals surface area contributed by atoms with Crippen LogP contribution >= 0.6 is 0 Å². The Morgan fingerprint density at radius 2 is 1.52 bits per heavy atom. The molecule has 0 aliphatic carbocycles. The van der Waals surface area contributed by atoms with Gasteiger partial charge in [0, 0.05) is 24.7 Å². The molecule has 21 heavy (non-hydrogen) atoms. The maximum atomic E-state index is 5.75. The second kappa shape index (κ2) is 9.34. The average molecular weight is 297 g/mol. The lowest BCUT2D eigenvalue weighted by Crippen LogP contribution is -2.31. The van der Waals surface area contributed by atoms with Gasteiger partial charge in [-0.25, -0.2) is 0 Å². The lowest BCUT2D eigenvalue weighted by Gasteiger charge is -2.16. The first kappa shape index (κ1) is 17.4. The highest BCUT2D eigenvalue weighted by Gasteiger charge is 2.13. The van der Waals surface area contributed by atoms with Crippen molar-refractivity contribution in [3.05, 3.63) is 12.1 Å². The summed E-state index contributed by atoms with van der Waals surface area (Å²) >= 11 is 0. The summed E-state index contributed by atoms with van der Waals surface area (Å²) < 4.78 is 21.6. The minimum Gasteiger partial charge on any atom is -0.493 e. The Balaban J connectivity index is 2.63. The molecule has 5 heteroatoms. The van der Waals surface area contributed by atoms with Gasteiger partial charge in [-0.2, -0.15) is 0 Å². The molecule has 1 N–H and O–H groups in total. The largest absolute Gasteiger partial charge is 0.493 e. The molecule has 0 radical (unpaired) electrons. The van der Waals surface area contributed by atoms with Crippen molar-refractivity contribution in [3.63, 3.8) is 0 Å². The Morgan fingerprint density at radius 3 is 1.95 bits per heavy atom. The Kier molecular flexibility index (Phi) is 7.75. The van der Waals surface area contributed by atoms with Gasteiger partial charge in [0.2, 0.25) is 5.75 Å². The molecular formula is C16H27NO4. The van der Waals surface area contributed by atoms with E-state index in [2.05, 4.69) is 19.2 Å². The Bertz CT molecular complexity index is 394. The normalized spacial score (nSPS) is 10.6. The molecule has 0 amide bonds. The Hall–Kier alpha value is -1.62. The van der Waals surface area contributed by atoms with Gasteiger partial charge in [0.15, 0.2) is 11.5 Å². The van der Waals surface area contributed by atoms with Gasteiger partial charge in [0.25, 0.3) is 0 Å². The van der Waals surface area contributed by atoms with Crippen molar-refractivity contribution in [3.8, 4) is 23.0 Å². The molecule has 0 unspecified atom stereocenters. The number of benzene rings is 1. The van der Waals surface area contributed by atoms with Crippen molar-refractivity contribution >= 4 is 0 Å². The highest BCUT2D eigenvalue weighted by atomic mass is 16.5. The maximum absolute atomic E-state index is 5.75. The highest BCUT2D eigenvalue weighted by Crippen LogP contribution is 2.40. The van der Waals surface area contributed by atoms with Crippen LogP contribution in [0, 0.1) is 0 Å². The minimum absolute atomic E-state index is 0.550. The van der Waals surface area contributed by atoms with Crippen molar-refractivity contribution in [2.24, 2.45) is 0 Å². The molecule has 0 bridgehead atoms. The zero-order valence-electron chi connectivity index (χ0n) is 13.7. The van der Waals surface area contributed by atoms with Gasteiger partial charge in [0.05, 0.1) is 21.3 Å². The lowest BCUT2D eigenvalue weighted by atomic mass is 10.2. The predicted molar refractivity (Wildman–Crippen MR) is 84.0 cm³/mol. The number of ether oxygens (including phenoxy) is 4. The van der Waals surface area contributed by atoms with Crippen LogP contribution in [0.3, 0.4) is 0 Å². The second-order valence-electron chi connectivity index (χ2n) is 4.68. The van der Waals surface area contributed by atoms with E-state index in [9.17, 15) is 0 Å². The fraction of sp³-hybridized carbons (Fsp3) is 0.625. The first-order chi connectivity index (χ1) is 10.2. The summed E-state index contributed by atoms with van der Waals surface area (Å²) in [6.07, 6.45) is 2.25. The predicted octanol–water partition coefficient (Wildman–Crippen LogP) is 2.87. The topological polar surface area (TPSA) is 49.0 Å². The molecule has 0 aliphatic rings.